The topological polar surface area (TPSA) is 39.2 Å². The lowest BCUT2D eigenvalue weighted by Crippen LogP contribution is -2.06. The molecule has 0 bridgehead atoms. The number of carbonyl (C=O) groups is 1. The number of nitrogens with zero attached hydrogens (tertiary/aromatic N) is 1. The molecule has 19 heavy (non-hydrogen) atoms. The van der Waals surface area contributed by atoms with E-state index >= 15 is 0 Å². The van der Waals surface area contributed by atoms with Gasteiger partial charge in [0.25, 0.3) is 0 Å². The third-order valence-corrected chi connectivity index (χ3v) is 3.51. The van der Waals surface area contributed by atoms with Crippen molar-refractivity contribution in [3.8, 4) is 5.75 Å². The van der Waals surface area contributed by atoms with Gasteiger partial charge in [-0.2, -0.15) is 0 Å². The van der Waals surface area contributed by atoms with E-state index in [0.29, 0.717) is 16.3 Å². The number of carbonyl (C=O) groups excluding carboxylic acids is 1. The van der Waals surface area contributed by atoms with Crippen molar-refractivity contribution in [1.29, 1.82) is 0 Å². The van der Waals surface area contributed by atoms with E-state index in [2.05, 4.69) is 20.9 Å². The Morgan fingerprint density at radius 2 is 2.21 bits per heavy atom. The fraction of sp³-hybridized carbons (Fsp3) is 0.143. The molecule has 1 aromatic heterocycles. The van der Waals surface area contributed by atoms with Crippen LogP contribution < -0.4 is 4.74 Å². The van der Waals surface area contributed by atoms with Crippen LogP contribution >= 0.6 is 27.5 Å². The molecule has 98 valence electrons. The van der Waals surface area contributed by atoms with Gasteiger partial charge in [0.2, 0.25) is 0 Å². The molecule has 1 heterocycles. The van der Waals surface area contributed by atoms with Gasteiger partial charge in [-0.1, -0.05) is 27.5 Å². The van der Waals surface area contributed by atoms with E-state index in [1.807, 2.05) is 6.07 Å². The summed E-state index contributed by atoms with van der Waals surface area (Å²) in [7, 11) is 1.54. The van der Waals surface area contributed by atoms with Crippen LogP contribution in [0.25, 0.3) is 0 Å². The molecule has 0 spiro atoms. The first-order valence-corrected chi connectivity index (χ1v) is 6.74. The third-order valence-electron chi connectivity index (χ3n) is 2.67. The van der Waals surface area contributed by atoms with E-state index in [4.69, 9.17) is 16.3 Å². The molecule has 0 atom stereocenters. The van der Waals surface area contributed by atoms with Gasteiger partial charge in [0.05, 0.1) is 17.7 Å². The second-order valence-electron chi connectivity index (χ2n) is 3.91. The van der Waals surface area contributed by atoms with Crippen molar-refractivity contribution < 1.29 is 9.53 Å². The van der Waals surface area contributed by atoms with Crippen molar-refractivity contribution in [1.82, 2.24) is 4.98 Å². The first kappa shape index (κ1) is 14.0. The number of hydrogen-bond acceptors (Lipinski definition) is 3. The Morgan fingerprint density at radius 1 is 1.42 bits per heavy atom. The number of hydrogen-bond donors (Lipinski definition) is 0. The lowest BCUT2D eigenvalue weighted by molar-refractivity contribution is 0.0990. The van der Waals surface area contributed by atoms with Crippen molar-refractivity contribution in [3.63, 3.8) is 0 Å². The molecule has 0 aliphatic rings. The molecule has 0 fully saturated rings. The third kappa shape index (κ3) is 3.33. The maximum absolute atomic E-state index is 12.3. The average Bonchev–Trinajstić information content (AvgIpc) is 2.41. The summed E-state index contributed by atoms with van der Waals surface area (Å²) in [5.41, 5.74) is 1.30. The monoisotopic (exact) mass is 339 g/mol. The molecule has 2 rings (SSSR count). The van der Waals surface area contributed by atoms with Crippen molar-refractivity contribution in [2.45, 2.75) is 6.42 Å². The van der Waals surface area contributed by atoms with Gasteiger partial charge in [0.15, 0.2) is 5.78 Å². The summed E-state index contributed by atoms with van der Waals surface area (Å²) in [6, 6.07) is 7.05. The molecule has 3 nitrogen and oxygen atoms in total. The fourth-order valence-corrected chi connectivity index (χ4v) is 2.24. The minimum atomic E-state index is -0.0440. The number of Topliss-reactive ketones (excluding diaryl/α,β-unsaturated/α-hetero) is 1. The maximum atomic E-state index is 12.3. The molecule has 0 aliphatic carbocycles. The Hall–Kier alpha value is -1.39. The summed E-state index contributed by atoms with van der Waals surface area (Å²) < 4.78 is 6.08. The van der Waals surface area contributed by atoms with Crippen molar-refractivity contribution in [2.75, 3.05) is 7.11 Å². The van der Waals surface area contributed by atoms with Crippen LogP contribution in [0.15, 0.2) is 41.1 Å². The first-order valence-electron chi connectivity index (χ1n) is 5.57. The van der Waals surface area contributed by atoms with Crippen LogP contribution in [-0.4, -0.2) is 17.9 Å². The van der Waals surface area contributed by atoms with Crippen LogP contribution in [0.5, 0.6) is 5.75 Å². The molecule has 0 amide bonds. The number of ketones is 1. The molecular weight excluding hydrogens is 330 g/mol. The highest BCUT2D eigenvalue weighted by molar-refractivity contribution is 9.10. The lowest BCUT2D eigenvalue weighted by atomic mass is 10.0. The molecule has 2 aromatic rings. The van der Waals surface area contributed by atoms with Crippen molar-refractivity contribution in [2.24, 2.45) is 0 Å². The highest BCUT2D eigenvalue weighted by atomic mass is 79.9. The van der Waals surface area contributed by atoms with Gasteiger partial charge >= 0.3 is 0 Å². The second-order valence-corrected chi connectivity index (χ2v) is 5.23. The highest BCUT2D eigenvalue weighted by Gasteiger charge is 2.14. The predicted octanol–water partition coefficient (Wildman–Crippen LogP) is 3.93. The van der Waals surface area contributed by atoms with Crippen LogP contribution in [-0.2, 0) is 6.42 Å². The fourth-order valence-electron chi connectivity index (χ4n) is 1.71. The second kappa shape index (κ2) is 6.17. The molecular formula is C14H11BrClNO2. The number of aromatic nitrogens is 1. The number of rotatable bonds is 4. The van der Waals surface area contributed by atoms with E-state index in [-0.39, 0.29) is 12.2 Å². The van der Waals surface area contributed by atoms with E-state index in [1.165, 1.54) is 13.3 Å². The number of halogens is 2. The number of benzene rings is 1. The minimum absolute atomic E-state index is 0.0440. The van der Waals surface area contributed by atoms with E-state index in [1.54, 1.807) is 24.4 Å². The molecule has 0 N–H and O–H groups in total. The number of pyridine rings is 1. The van der Waals surface area contributed by atoms with Crippen LogP contribution in [0.3, 0.4) is 0 Å². The normalized spacial score (nSPS) is 10.3. The van der Waals surface area contributed by atoms with Crippen LogP contribution in [0.2, 0.25) is 5.02 Å². The summed E-state index contributed by atoms with van der Waals surface area (Å²) in [5.74, 6) is 0.502. The SMILES string of the molecule is COc1cc(Br)ccc1C(=O)Cc1ccncc1Cl. The van der Waals surface area contributed by atoms with Gasteiger partial charge in [-0.3, -0.25) is 9.78 Å². The standard InChI is InChI=1S/C14H11BrClNO2/c1-19-14-7-10(15)2-3-11(14)13(18)6-9-4-5-17-8-12(9)16/h2-5,7-8H,6H2,1H3. The molecule has 5 heteroatoms. The Bertz CT molecular complexity index is 616. The summed E-state index contributed by atoms with van der Waals surface area (Å²) in [6.45, 7) is 0. The summed E-state index contributed by atoms with van der Waals surface area (Å²) >= 11 is 9.35. The van der Waals surface area contributed by atoms with Crippen LogP contribution in [0.4, 0.5) is 0 Å². The zero-order valence-electron chi connectivity index (χ0n) is 10.2. The maximum Gasteiger partial charge on any atom is 0.171 e. The van der Waals surface area contributed by atoms with Crippen LogP contribution in [0.1, 0.15) is 15.9 Å². The van der Waals surface area contributed by atoms with Gasteiger partial charge in [-0.15, -0.1) is 0 Å². The smallest absolute Gasteiger partial charge is 0.171 e. The minimum Gasteiger partial charge on any atom is -0.496 e. The number of methoxy groups -OCH3 is 1. The lowest BCUT2D eigenvalue weighted by Gasteiger charge is -2.08. The summed E-state index contributed by atoms with van der Waals surface area (Å²) in [4.78, 5) is 16.2. The number of ether oxygens (including phenoxy) is 1. The van der Waals surface area contributed by atoms with Gasteiger partial charge < -0.3 is 4.74 Å². The summed E-state index contributed by atoms with van der Waals surface area (Å²) in [5, 5.41) is 0.493. The molecule has 1 aromatic carbocycles. The van der Waals surface area contributed by atoms with E-state index in [9.17, 15) is 4.79 Å². The molecule has 0 aliphatic heterocycles. The van der Waals surface area contributed by atoms with Gasteiger partial charge in [0.1, 0.15) is 5.75 Å². The summed E-state index contributed by atoms with van der Waals surface area (Å²) in [6.07, 6.45) is 3.37. The van der Waals surface area contributed by atoms with E-state index in [0.717, 1.165) is 10.0 Å². The average molecular weight is 341 g/mol. The molecule has 0 saturated carbocycles. The van der Waals surface area contributed by atoms with Gasteiger partial charge in [-0.05, 0) is 29.8 Å². The van der Waals surface area contributed by atoms with Crippen molar-refractivity contribution >= 4 is 33.3 Å². The van der Waals surface area contributed by atoms with Crippen LogP contribution in [0, 0.1) is 0 Å². The highest BCUT2D eigenvalue weighted by Crippen LogP contribution is 2.25. The van der Waals surface area contributed by atoms with Gasteiger partial charge in [0, 0.05) is 23.3 Å². The largest absolute Gasteiger partial charge is 0.496 e. The quantitative estimate of drug-likeness (QED) is 0.792. The van der Waals surface area contributed by atoms with Crippen molar-refractivity contribution in [3.05, 3.63) is 57.3 Å². The molecule has 0 radical (unpaired) electrons. The van der Waals surface area contributed by atoms with E-state index < -0.39 is 0 Å². The van der Waals surface area contributed by atoms with Gasteiger partial charge in [-0.25, -0.2) is 0 Å². The Balaban J connectivity index is 2.28. The Kier molecular flexibility index (Phi) is 4.56. The zero-order valence-corrected chi connectivity index (χ0v) is 12.5. The Labute approximate surface area is 124 Å². The molecule has 0 saturated heterocycles. The first-order chi connectivity index (χ1) is 9.11. The Morgan fingerprint density at radius 3 is 2.89 bits per heavy atom. The zero-order chi connectivity index (χ0) is 13.8. The predicted molar refractivity (Wildman–Crippen MR) is 78.0 cm³/mol. The molecule has 0 unspecified atom stereocenters.